The minimum atomic E-state index is -0.975. The third-order valence-electron chi connectivity index (χ3n) is 8.17. The monoisotopic (exact) mass is 704 g/mol. The van der Waals surface area contributed by atoms with E-state index in [0.717, 1.165) is 36.8 Å². The summed E-state index contributed by atoms with van der Waals surface area (Å²) in [4.78, 5) is 23.5. The van der Waals surface area contributed by atoms with E-state index in [1.165, 1.54) is 64.2 Å². The second kappa shape index (κ2) is 30.9. The van der Waals surface area contributed by atoms with Crippen molar-refractivity contribution < 1.29 is 49.0 Å². The van der Waals surface area contributed by atoms with Crippen LogP contribution < -0.4 is 0 Å². The second-order valence-electron chi connectivity index (χ2n) is 12.4. The molecule has 10 heteroatoms. The van der Waals surface area contributed by atoms with Crippen LogP contribution in [0.4, 0.5) is 0 Å². The minimum Gasteiger partial charge on any atom is -0.478 e. The predicted molar refractivity (Wildman–Crippen MR) is 196 cm³/mol. The molecular formula is C40H64O10. The zero-order valence-corrected chi connectivity index (χ0v) is 30.7. The van der Waals surface area contributed by atoms with Gasteiger partial charge in [0.05, 0.1) is 77.2 Å². The first-order valence-electron chi connectivity index (χ1n) is 18.6. The van der Waals surface area contributed by atoms with Gasteiger partial charge in [0.1, 0.15) is 0 Å². The average molecular weight is 705 g/mol. The molecule has 50 heavy (non-hydrogen) atoms. The van der Waals surface area contributed by atoms with Crippen molar-refractivity contribution in [3.05, 3.63) is 69.8 Å². The third kappa shape index (κ3) is 22.1. The summed E-state index contributed by atoms with van der Waals surface area (Å²) in [6.07, 6.45) is 16.4. The Morgan fingerprint density at radius 1 is 0.500 bits per heavy atom. The van der Waals surface area contributed by atoms with Crippen molar-refractivity contribution in [1.82, 2.24) is 0 Å². The zero-order valence-electron chi connectivity index (χ0n) is 30.7. The van der Waals surface area contributed by atoms with Crippen LogP contribution in [0.1, 0.15) is 134 Å². The molecule has 2 aromatic carbocycles. The van der Waals surface area contributed by atoms with Crippen molar-refractivity contribution in [1.29, 1.82) is 0 Å². The SMILES string of the molecule is CCCCCCCCc1ccc(C(=O)O)c(COCc2cc(CCCCCCCC)ccc2C(=O)O)c1.OCCOCCOCCOCCO. The molecule has 2 aromatic rings. The smallest absolute Gasteiger partial charge is 0.336 e. The van der Waals surface area contributed by atoms with Gasteiger partial charge < -0.3 is 39.4 Å². The Balaban J connectivity index is 0.000000812. The summed E-state index contributed by atoms with van der Waals surface area (Å²) in [5, 5.41) is 36.0. The summed E-state index contributed by atoms with van der Waals surface area (Å²) in [5.74, 6) is -1.95. The van der Waals surface area contributed by atoms with Gasteiger partial charge >= 0.3 is 11.9 Å². The predicted octanol–water partition coefficient (Wildman–Crippen LogP) is 7.63. The van der Waals surface area contributed by atoms with Crippen LogP contribution in [-0.4, -0.2) is 85.2 Å². The molecule has 0 amide bonds. The number of benzene rings is 2. The van der Waals surface area contributed by atoms with Crippen molar-refractivity contribution in [2.24, 2.45) is 0 Å². The average Bonchev–Trinajstić information content (AvgIpc) is 3.11. The highest BCUT2D eigenvalue weighted by Gasteiger charge is 2.14. The molecule has 4 N–H and O–H groups in total. The van der Waals surface area contributed by atoms with Gasteiger partial charge in [-0.05, 0) is 60.1 Å². The van der Waals surface area contributed by atoms with Crippen LogP contribution in [0, 0.1) is 0 Å². The van der Waals surface area contributed by atoms with Gasteiger partial charge in [-0.25, -0.2) is 9.59 Å². The van der Waals surface area contributed by atoms with Gasteiger partial charge in [0.2, 0.25) is 0 Å². The quantitative estimate of drug-likeness (QED) is 0.0598. The largest absolute Gasteiger partial charge is 0.478 e. The maximum atomic E-state index is 11.8. The second-order valence-corrected chi connectivity index (χ2v) is 12.4. The molecule has 2 rings (SSSR count). The van der Waals surface area contributed by atoms with Crippen LogP contribution in [0.5, 0.6) is 0 Å². The van der Waals surface area contributed by atoms with Crippen LogP contribution in [0.2, 0.25) is 0 Å². The molecule has 0 heterocycles. The molecule has 0 bridgehead atoms. The van der Waals surface area contributed by atoms with E-state index in [9.17, 15) is 19.8 Å². The lowest BCUT2D eigenvalue weighted by molar-refractivity contribution is 0.00230. The maximum Gasteiger partial charge on any atom is 0.336 e. The first-order valence-corrected chi connectivity index (χ1v) is 18.6. The fourth-order valence-corrected chi connectivity index (χ4v) is 5.42. The number of aromatic carboxylic acids is 2. The number of aliphatic hydroxyl groups excluding tert-OH is 2. The highest BCUT2D eigenvalue weighted by molar-refractivity contribution is 5.90. The summed E-state index contributed by atoms with van der Waals surface area (Å²) < 4.78 is 20.9. The number of carboxylic acid groups (broad SMARTS) is 2. The van der Waals surface area contributed by atoms with E-state index < -0.39 is 11.9 Å². The van der Waals surface area contributed by atoms with Gasteiger partial charge in [0, 0.05) is 0 Å². The van der Waals surface area contributed by atoms with Crippen molar-refractivity contribution in [2.45, 2.75) is 117 Å². The Bertz CT molecular complexity index is 1070. The molecule has 284 valence electrons. The summed E-state index contributed by atoms with van der Waals surface area (Å²) in [6.45, 7) is 7.45. The molecule has 0 atom stereocenters. The van der Waals surface area contributed by atoms with Crippen molar-refractivity contribution in [2.75, 3.05) is 52.9 Å². The lowest BCUT2D eigenvalue weighted by Gasteiger charge is -2.13. The van der Waals surface area contributed by atoms with Gasteiger partial charge in [-0.1, -0.05) is 102 Å². The highest BCUT2D eigenvalue weighted by Crippen LogP contribution is 2.20. The number of carboxylic acids is 2. The summed E-state index contributed by atoms with van der Waals surface area (Å²) in [7, 11) is 0. The van der Waals surface area contributed by atoms with Crippen molar-refractivity contribution in [3.63, 3.8) is 0 Å². The number of rotatable bonds is 30. The summed E-state index contributed by atoms with van der Waals surface area (Å²) in [5.41, 5.74) is 3.98. The molecule has 0 aliphatic heterocycles. The number of hydrogen-bond donors (Lipinski definition) is 4. The minimum absolute atomic E-state index is 0.0413. The molecule has 10 nitrogen and oxygen atoms in total. The number of aliphatic hydroxyl groups is 2. The number of hydrogen-bond acceptors (Lipinski definition) is 8. The van der Waals surface area contributed by atoms with Crippen LogP contribution >= 0.6 is 0 Å². The zero-order chi connectivity index (χ0) is 36.7. The van der Waals surface area contributed by atoms with Crippen molar-refractivity contribution in [3.8, 4) is 0 Å². The van der Waals surface area contributed by atoms with Crippen LogP contribution in [-0.2, 0) is 45.0 Å². The molecule has 0 fully saturated rings. The number of aryl methyl sites for hydroxylation is 2. The molecule has 0 saturated carbocycles. The first-order chi connectivity index (χ1) is 24.4. The Hall–Kier alpha value is -2.86. The van der Waals surface area contributed by atoms with Gasteiger partial charge in [-0.2, -0.15) is 0 Å². The molecule has 0 aliphatic carbocycles. The molecule has 0 saturated heterocycles. The lowest BCUT2D eigenvalue weighted by Crippen LogP contribution is -2.11. The Morgan fingerprint density at radius 3 is 1.22 bits per heavy atom. The topological polar surface area (TPSA) is 152 Å². The van der Waals surface area contributed by atoms with E-state index in [1.54, 1.807) is 12.1 Å². The van der Waals surface area contributed by atoms with E-state index in [4.69, 9.17) is 29.2 Å². The van der Waals surface area contributed by atoms with E-state index in [-0.39, 0.29) is 37.6 Å². The molecule has 0 radical (unpaired) electrons. The van der Waals surface area contributed by atoms with Crippen molar-refractivity contribution >= 4 is 11.9 Å². The Labute approximate surface area is 300 Å². The van der Waals surface area contributed by atoms with Gasteiger partial charge in [0.15, 0.2) is 0 Å². The number of unbranched alkanes of at least 4 members (excludes halogenated alkanes) is 10. The van der Waals surface area contributed by atoms with Gasteiger partial charge in [-0.3, -0.25) is 0 Å². The molecular weight excluding hydrogens is 640 g/mol. The molecule has 0 aliphatic rings. The third-order valence-corrected chi connectivity index (χ3v) is 8.17. The maximum absolute atomic E-state index is 11.8. The lowest BCUT2D eigenvalue weighted by atomic mass is 9.99. The fourth-order valence-electron chi connectivity index (χ4n) is 5.42. The summed E-state index contributed by atoms with van der Waals surface area (Å²) in [6, 6.07) is 11.0. The number of ether oxygens (including phenoxy) is 4. The van der Waals surface area contributed by atoms with Gasteiger partial charge in [0.25, 0.3) is 0 Å². The van der Waals surface area contributed by atoms with Crippen LogP contribution in [0.3, 0.4) is 0 Å². The Kier molecular flexibility index (Phi) is 27.9. The van der Waals surface area contributed by atoms with Gasteiger partial charge in [-0.15, -0.1) is 0 Å². The summed E-state index contributed by atoms with van der Waals surface area (Å²) >= 11 is 0. The van der Waals surface area contributed by atoms with Crippen LogP contribution in [0.25, 0.3) is 0 Å². The number of carbonyl (C=O) groups is 2. The highest BCUT2D eigenvalue weighted by atomic mass is 16.5. The normalized spacial score (nSPS) is 11.0. The van der Waals surface area contributed by atoms with Crippen LogP contribution in [0.15, 0.2) is 36.4 Å². The van der Waals surface area contributed by atoms with E-state index in [2.05, 4.69) is 13.8 Å². The fraction of sp³-hybridized carbons (Fsp3) is 0.650. The molecule has 0 aromatic heterocycles. The molecule has 0 unspecified atom stereocenters. The van der Waals surface area contributed by atoms with E-state index in [1.807, 2.05) is 24.3 Å². The standard InChI is InChI=1S/C32H46O5.C8H18O5/c1-3-5-7-9-11-13-15-25-17-19-29(31(33)34)27(21-25)23-37-24-28-22-26(18-20-30(28)32(35)36)16-14-12-10-8-6-4-2;9-1-3-11-5-7-13-8-6-12-4-2-10/h17-22H,3-16,23-24H2,1-2H3,(H,33,34)(H,35,36);9-10H,1-8H2. The van der Waals surface area contributed by atoms with E-state index in [0.29, 0.717) is 50.8 Å². The molecule has 0 spiro atoms. The van der Waals surface area contributed by atoms with E-state index >= 15 is 0 Å². The Morgan fingerprint density at radius 2 is 0.860 bits per heavy atom. The first kappa shape index (κ1) is 45.2.